The van der Waals surface area contributed by atoms with Gasteiger partial charge in [0.05, 0.1) is 27.5 Å². The van der Waals surface area contributed by atoms with Crippen LogP contribution in [0.25, 0.3) is 10.9 Å². The Bertz CT molecular complexity index is 895. The molecule has 24 heavy (non-hydrogen) atoms. The van der Waals surface area contributed by atoms with Crippen LogP contribution in [0.15, 0.2) is 47.3 Å². The molecule has 3 rings (SSSR count). The van der Waals surface area contributed by atoms with Gasteiger partial charge in [0.15, 0.2) is 0 Å². The third-order valence-electron chi connectivity index (χ3n) is 3.57. The number of hydrogen-bond donors (Lipinski definition) is 2. The van der Waals surface area contributed by atoms with Crippen molar-refractivity contribution in [1.82, 2.24) is 10.3 Å². The zero-order valence-corrected chi connectivity index (χ0v) is 13.2. The first-order valence-electron chi connectivity index (χ1n) is 7.08. The first kappa shape index (κ1) is 16.0. The van der Waals surface area contributed by atoms with Crippen molar-refractivity contribution < 1.29 is 14.8 Å². The molecule has 2 heterocycles. The summed E-state index contributed by atoms with van der Waals surface area (Å²) in [5.74, 6) is -0.442. The van der Waals surface area contributed by atoms with Crippen molar-refractivity contribution in [2.24, 2.45) is 0 Å². The van der Waals surface area contributed by atoms with Gasteiger partial charge in [-0.2, -0.15) is 11.3 Å². The number of fused-ring (bicyclic) bond motifs is 1. The van der Waals surface area contributed by atoms with E-state index >= 15 is 0 Å². The number of nitrogens with one attached hydrogen (secondary N) is 1. The third kappa shape index (κ3) is 3.10. The van der Waals surface area contributed by atoms with E-state index in [-0.39, 0.29) is 23.3 Å². The molecule has 7 nitrogen and oxygen atoms in total. The lowest BCUT2D eigenvalue weighted by Gasteiger charge is -2.11. The minimum atomic E-state index is -0.808. The van der Waals surface area contributed by atoms with Crippen molar-refractivity contribution in [3.8, 4) is 0 Å². The number of thiophene rings is 1. The molecule has 0 saturated carbocycles. The maximum atomic E-state index is 12.4. The number of nitro groups is 1. The van der Waals surface area contributed by atoms with Crippen LogP contribution in [-0.2, 0) is 0 Å². The zero-order valence-electron chi connectivity index (χ0n) is 12.4. The topological polar surface area (TPSA) is 105 Å². The van der Waals surface area contributed by atoms with E-state index in [9.17, 15) is 20.0 Å². The Hall–Kier alpha value is -2.84. The Kier molecular flexibility index (Phi) is 4.50. The Morgan fingerprint density at radius 2 is 2.21 bits per heavy atom. The summed E-state index contributed by atoms with van der Waals surface area (Å²) in [6.07, 6.45) is 0.667. The molecule has 0 saturated heterocycles. The summed E-state index contributed by atoms with van der Waals surface area (Å²) >= 11 is 1.46. The average Bonchev–Trinajstić information content (AvgIpc) is 3.13. The lowest BCUT2D eigenvalue weighted by molar-refractivity contribution is -0.383. The monoisotopic (exact) mass is 343 g/mol. The summed E-state index contributed by atoms with van der Waals surface area (Å²) in [6, 6.07) is 7.58. The number of carbonyl (C=O) groups excluding carboxylic acids is 1. The number of nitrogens with zero attached hydrogens (tertiary/aromatic N) is 2. The minimum Gasteiger partial charge on any atom is -0.387 e. The maximum Gasteiger partial charge on any atom is 0.278 e. The van der Waals surface area contributed by atoms with Gasteiger partial charge in [0, 0.05) is 18.8 Å². The molecule has 0 radical (unpaired) electrons. The molecule has 0 aliphatic rings. The molecular weight excluding hydrogens is 330 g/mol. The van der Waals surface area contributed by atoms with E-state index in [2.05, 4.69) is 10.3 Å². The highest BCUT2D eigenvalue weighted by molar-refractivity contribution is 7.07. The van der Waals surface area contributed by atoms with E-state index in [4.69, 9.17) is 0 Å². The van der Waals surface area contributed by atoms with Crippen LogP contribution in [0, 0.1) is 10.1 Å². The van der Waals surface area contributed by atoms with Crippen molar-refractivity contribution in [2.75, 3.05) is 6.54 Å². The summed E-state index contributed by atoms with van der Waals surface area (Å²) in [7, 11) is 0. The predicted molar refractivity (Wildman–Crippen MR) is 90.0 cm³/mol. The van der Waals surface area contributed by atoms with Crippen LogP contribution in [-0.4, -0.2) is 27.5 Å². The number of carbonyl (C=O) groups is 1. The van der Waals surface area contributed by atoms with Crippen LogP contribution in [0.2, 0.25) is 0 Å². The van der Waals surface area contributed by atoms with Crippen molar-refractivity contribution in [1.29, 1.82) is 0 Å². The van der Waals surface area contributed by atoms with Crippen molar-refractivity contribution in [3.05, 3.63) is 68.5 Å². The minimum absolute atomic E-state index is 0.0425. The smallest absolute Gasteiger partial charge is 0.278 e. The van der Waals surface area contributed by atoms with Gasteiger partial charge in [-0.1, -0.05) is 0 Å². The van der Waals surface area contributed by atoms with E-state index in [1.165, 1.54) is 29.7 Å². The lowest BCUT2D eigenvalue weighted by Crippen LogP contribution is -2.28. The van der Waals surface area contributed by atoms with E-state index in [1.54, 1.807) is 23.6 Å². The molecule has 0 bridgehead atoms. The fourth-order valence-electron chi connectivity index (χ4n) is 2.37. The molecule has 2 N–H and O–H groups in total. The quantitative estimate of drug-likeness (QED) is 0.547. The van der Waals surface area contributed by atoms with Crippen LogP contribution < -0.4 is 5.32 Å². The molecule has 1 amide bonds. The molecule has 0 aliphatic carbocycles. The van der Waals surface area contributed by atoms with E-state index in [0.717, 1.165) is 5.56 Å². The number of nitro benzene ring substituents is 1. The van der Waals surface area contributed by atoms with Gasteiger partial charge in [0.25, 0.3) is 11.6 Å². The van der Waals surface area contributed by atoms with Crippen LogP contribution in [0.3, 0.4) is 0 Å². The van der Waals surface area contributed by atoms with Crippen LogP contribution in [0.5, 0.6) is 0 Å². The third-order valence-corrected chi connectivity index (χ3v) is 4.27. The average molecular weight is 343 g/mol. The second-order valence-electron chi connectivity index (χ2n) is 5.07. The van der Waals surface area contributed by atoms with Gasteiger partial charge in [-0.3, -0.25) is 19.9 Å². The van der Waals surface area contributed by atoms with Gasteiger partial charge < -0.3 is 10.4 Å². The molecule has 2 aromatic heterocycles. The number of aliphatic hydroxyl groups is 1. The molecule has 1 atom stereocenters. The van der Waals surface area contributed by atoms with Gasteiger partial charge in [-0.15, -0.1) is 0 Å². The lowest BCUT2D eigenvalue weighted by atomic mass is 10.1. The number of amides is 1. The molecule has 0 fully saturated rings. The fourth-order valence-corrected chi connectivity index (χ4v) is 3.07. The molecule has 8 heteroatoms. The standard InChI is InChI=1S/C16H13N3O4S/c20-14(10-5-7-24-9-10)8-18-16(21)12-3-4-13(19(22)23)11-2-1-6-17-15(11)12/h1-7,9,14,20H,8H2,(H,18,21). The van der Waals surface area contributed by atoms with Gasteiger partial charge in [0.1, 0.15) is 0 Å². The normalized spacial score (nSPS) is 12.0. The number of aromatic nitrogens is 1. The van der Waals surface area contributed by atoms with Gasteiger partial charge in [-0.25, -0.2) is 0 Å². The van der Waals surface area contributed by atoms with Crippen LogP contribution in [0.1, 0.15) is 22.0 Å². The van der Waals surface area contributed by atoms with Gasteiger partial charge >= 0.3 is 0 Å². The number of non-ortho nitro benzene ring substituents is 1. The molecule has 0 aliphatic heterocycles. The molecule has 122 valence electrons. The van der Waals surface area contributed by atoms with Gasteiger partial charge in [0.2, 0.25) is 0 Å². The Morgan fingerprint density at radius 3 is 2.92 bits per heavy atom. The first-order valence-corrected chi connectivity index (χ1v) is 8.02. The van der Waals surface area contributed by atoms with Crippen molar-refractivity contribution in [2.45, 2.75) is 6.10 Å². The number of aliphatic hydroxyl groups excluding tert-OH is 1. The molecule has 3 aromatic rings. The molecular formula is C16H13N3O4S. The van der Waals surface area contributed by atoms with Crippen molar-refractivity contribution >= 4 is 33.8 Å². The van der Waals surface area contributed by atoms with Crippen molar-refractivity contribution in [3.63, 3.8) is 0 Å². The second kappa shape index (κ2) is 6.73. The Balaban J connectivity index is 1.85. The molecule has 0 spiro atoms. The SMILES string of the molecule is O=C(NCC(O)c1ccsc1)c1ccc([N+](=O)[O-])c2cccnc12. The highest BCUT2D eigenvalue weighted by atomic mass is 32.1. The Morgan fingerprint density at radius 1 is 1.38 bits per heavy atom. The maximum absolute atomic E-state index is 12.4. The van der Waals surface area contributed by atoms with E-state index in [0.29, 0.717) is 5.39 Å². The zero-order chi connectivity index (χ0) is 17.1. The summed E-state index contributed by atoms with van der Waals surface area (Å²) in [4.78, 5) is 27.1. The fraction of sp³-hybridized carbons (Fsp3) is 0.125. The highest BCUT2D eigenvalue weighted by Crippen LogP contribution is 2.26. The van der Waals surface area contributed by atoms with E-state index < -0.39 is 16.9 Å². The molecule has 1 unspecified atom stereocenters. The second-order valence-corrected chi connectivity index (χ2v) is 5.85. The van der Waals surface area contributed by atoms with Crippen LogP contribution in [0.4, 0.5) is 5.69 Å². The number of pyridine rings is 1. The largest absolute Gasteiger partial charge is 0.387 e. The summed E-state index contributed by atoms with van der Waals surface area (Å²) in [6.45, 7) is 0.0425. The number of hydrogen-bond acceptors (Lipinski definition) is 6. The predicted octanol–water partition coefficient (Wildman–Crippen LogP) is 2.67. The summed E-state index contributed by atoms with van der Waals surface area (Å²) in [5, 5.41) is 27.7. The summed E-state index contributed by atoms with van der Waals surface area (Å²) in [5.41, 5.74) is 1.11. The Labute approximate surface area is 140 Å². The van der Waals surface area contributed by atoms with Crippen LogP contribution >= 0.6 is 11.3 Å². The van der Waals surface area contributed by atoms with Gasteiger partial charge in [-0.05, 0) is 40.6 Å². The summed E-state index contributed by atoms with van der Waals surface area (Å²) < 4.78 is 0. The highest BCUT2D eigenvalue weighted by Gasteiger charge is 2.19. The molecule has 1 aromatic carbocycles. The van der Waals surface area contributed by atoms with E-state index in [1.807, 2.05) is 5.38 Å². The number of benzene rings is 1. The first-order chi connectivity index (χ1) is 11.6. The number of rotatable bonds is 5.